The molecule has 5 heteroatoms. The molecule has 0 bridgehead atoms. The SMILES string of the molecule is CCOC(=O)c1c[nH]c(-c2ccc(OCc3ccccc3)cc2)n1. The maximum atomic E-state index is 11.6. The van der Waals surface area contributed by atoms with Crippen molar-refractivity contribution in [3.8, 4) is 17.1 Å². The van der Waals surface area contributed by atoms with Crippen LogP contribution in [0.1, 0.15) is 23.0 Å². The highest BCUT2D eigenvalue weighted by atomic mass is 16.5. The molecule has 0 radical (unpaired) electrons. The van der Waals surface area contributed by atoms with Crippen molar-refractivity contribution in [2.75, 3.05) is 6.61 Å². The summed E-state index contributed by atoms with van der Waals surface area (Å²) in [5.41, 5.74) is 2.26. The number of hydrogen-bond acceptors (Lipinski definition) is 4. The third-order valence-corrected chi connectivity index (χ3v) is 3.44. The van der Waals surface area contributed by atoms with Crippen molar-refractivity contribution >= 4 is 5.97 Å². The summed E-state index contributed by atoms with van der Waals surface area (Å²) in [6.07, 6.45) is 1.55. The topological polar surface area (TPSA) is 64.2 Å². The van der Waals surface area contributed by atoms with Gasteiger partial charge in [-0.25, -0.2) is 9.78 Å². The lowest BCUT2D eigenvalue weighted by molar-refractivity contribution is 0.0520. The Bertz CT molecular complexity index is 795. The van der Waals surface area contributed by atoms with E-state index in [2.05, 4.69) is 9.97 Å². The number of esters is 1. The molecule has 5 nitrogen and oxygen atoms in total. The Hall–Kier alpha value is -3.08. The molecule has 0 fully saturated rings. The maximum absolute atomic E-state index is 11.6. The summed E-state index contributed by atoms with van der Waals surface area (Å²) < 4.78 is 10.7. The Morgan fingerprint density at radius 2 is 1.83 bits per heavy atom. The van der Waals surface area contributed by atoms with Crippen LogP contribution in [0.3, 0.4) is 0 Å². The Morgan fingerprint density at radius 1 is 1.08 bits per heavy atom. The first kappa shape index (κ1) is 15.8. The average molecular weight is 322 g/mol. The van der Waals surface area contributed by atoms with Crippen LogP contribution in [-0.2, 0) is 11.3 Å². The van der Waals surface area contributed by atoms with E-state index >= 15 is 0 Å². The summed E-state index contributed by atoms with van der Waals surface area (Å²) in [6.45, 7) is 2.61. The van der Waals surface area contributed by atoms with Crippen LogP contribution in [0.4, 0.5) is 0 Å². The molecule has 0 saturated heterocycles. The number of ether oxygens (including phenoxy) is 2. The van der Waals surface area contributed by atoms with E-state index in [0.29, 0.717) is 19.0 Å². The number of hydrogen-bond donors (Lipinski definition) is 1. The molecule has 0 amide bonds. The van der Waals surface area contributed by atoms with Crippen LogP contribution in [0.15, 0.2) is 60.8 Å². The predicted molar refractivity (Wildman–Crippen MR) is 90.8 cm³/mol. The minimum absolute atomic E-state index is 0.274. The van der Waals surface area contributed by atoms with E-state index in [1.165, 1.54) is 0 Å². The molecular formula is C19H18N2O3. The average Bonchev–Trinajstić information content (AvgIpc) is 3.12. The number of imidazole rings is 1. The molecule has 0 unspecified atom stereocenters. The van der Waals surface area contributed by atoms with E-state index in [9.17, 15) is 4.79 Å². The fourth-order valence-electron chi connectivity index (χ4n) is 2.23. The molecule has 1 aromatic heterocycles. The highest BCUT2D eigenvalue weighted by Crippen LogP contribution is 2.21. The number of carbonyl (C=O) groups is 1. The van der Waals surface area contributed by atoms with Crippen molar-refractivity contribution in [2.45, 2.75) is 13.5 Å². The molecule has 3 rings (SSSR count). The molecule has 0 aliphatic carbocycles. The Morgan fingerprint density at radius 3 is 2.54 bits per heavy atom. The monoisotopic (exact) mass is 322 g/mol. The van der Waals surface area contributed by atoms with Crippen molar-refractivity contribution in [1.29, 1.82) is 0 Å². The first-order valence-corrected chi connectivity index (χ1v) is 7.76. The zero-order valence-electron chi connectivity index (χ0n) is 13.4. The van der Waals surface area contributed by atoms with Crippen LogP contribution in [0.2, 0.25) is 0 Å². The van der Waals surface area contributed by atoms with Crippen LogP contribution < -0.4 is 4.74 Å². The first-order chi connectivity index (χ1) is 11.8. The molecule has 2 aromatic carbocycles. The smallest absolute Gasteiger partial charge is 0.358 e. The lowest BCUT2D eigenvalue weighted by Crippen LogP contribution is -2.04. The summed E-state index contributed by atoms with van der Waals surface area (Å²) in [6, 6.07) is 17.5. The van der Waals surface area contributed by atoms with Gasteiger partial charge in [-0.05, 0) is 36.8 Å². The summed E-state index contributed by atoms with van der Waals surface area (Å²) in [5, 5.41) is 0. The molecule has 1 N–H and O–H groups in total. The molecule has 0 spiro atoms. The molecule has 122 valence electrons. The van der Waals surface area contributed by atoms with Crippen molar-refractivity contribution in [3.05, 3.63) is 72.1 Å². The molecule has 1 heterocycles. The van der Waals surface area contributed by atoms with Gasteiger partial charge in [0.25, 0.3) is 0 Å². The minimum Gasteiger partial charge on any atom is -0.489 e. The fraction of sp³-hybridized carbons (Fsp3) is 0.158. The number of H-pyrrole nitrogens is 1. The van der Waals surface area contributed by atoms with Gasteiger partial charge in [0.1, 0.15) is 18.2 Å². The van der Waals surface area contributed by atoms with Gasteiger partial charge in [0.15, 0.2) is 5.69 Å². The van der Waals surface area contributed by atoms with Gasteiger partial charge in [0, 0.05) is 11.8 Å². The summed E-state index contributed by atoms with van der Waals surface area (Å²) in [4.78, 5) is 18.9. The van der Waals surface area contributed by atoms with Gasteiger partial charge in [-0.2, -0.15) is 0 Å². The number of aromatic nitrogens is 2. The predicted octanol–water partition coefficient (Wildman–Crippen LogP) is 3.83. The van der Waals surface area contributed by atoms with Gasteiger partial charge in [0.2, 0.25) is 0 Å². The number of benzene rings is 2. The van der Waals surface area contributed by atoms with Crippen LogP contribution in [0, 0.1) is 0 Å². The minimum atomic E-state index is -0.428. The van der Waals surface area contributed by atoms with E-state index in [1.54, 1.807) is 13.1 Å². The molecule has 0 saturated carbocycles. The van der Waals surface area contributed by atoms with Crippen LogP contribution in [0.25, 0.3) is 11.4 Å². The van der Waals surface area contributed by atoms with Crippen molar-refractivity contribution < 1.29 is 14.3 Å². The lowest BCUT2D eigenvalue weighted by Gasteiger charge is -2.06. The van der Waals surface area contributed by atoms with Gasteiger partial charge in [-0.3, -0.25) is 0 Å². The van der Waals surface area contributed by atoms with E-state index in [4.69, 9.17) is 9.47 Å². The number of aromatic amines is 1. The number of rotatable bonds is 6. The summed E-state index contributed by atoms with van der Waals surface area (Å²) >= 11 is 0. The second-order valence-electron chi connectivity index (χ2n) is 5.15. The van der Waals surface area contributed by atoms with Gasteiger partial charge in [-0.15, -0.1) is 0 Å². The molecule has 0 aliphatic heterocycles. The van der Waals surface area contributed by atoms with Crippen LogP contribution in [0.5, 0.6) is 5.75 Å². The third kappa shape index (κ3) is 3.81. The van der Waals surface area contributed by atoms with E-state index in [1.807, 2.05) is 54.6 Å². The maximum Gasteiger partial charge on any atom is 0.358 e. The first-order valence-electron chi connectivity index (χ1n) is 7.76. The van der Waals surface area contributed by atoms with Gasteiger partial charge >= 0.3 is 5.97 Å². The third-order valence-electron chi connectivity index (χ3n) is 3.44. The second-order valence-corrected chi connectivity index (χ2v) is 5.15. The Balaban J connectivity index is 1.65. The van der Waals surface area contributed by atoms with Crippen molar-refractivity contribution in [1.82, 2.24) is 9.97 Å². The summed E-state index contributed by atoms with van der Waals surface area (Å²) in [7, 11) is 0. The normalized spacial score (nSPS) is 10.4. The van der Waals surface area contributed by atoms with Crippen molar-refractivity contribution in [3.63, 3.8) is 0 Å². The molecule has 3 aromatic rings. The zero-order chi connectivity index (χ0) is 16.8. The quantitative estimate of drug-likeness (QED) is 0.701. The van der Waals surface area contributed by atoms with Crippen molar-refractivity contribution in [2.24, 2.45) is 0 Å². The van der Waals surface area contributed by atoms with Gasteiger partial charge < -0.3 is 14.5 Å². The van der Waals surface area contributed by atoms with E-state index in [0.717, 1.165) is 16.9 Å². The largest absolute Gasteiger partial charge is 0.489 e. The fourth-order valence-corrected chi connectivity index (χ4v) is 2.23. The number of nitrogens with one attached hydrogen (secondary N) is 1. The lowest BCUT2D eigenvalue weighted by atomic mass is 10.2. The number of nitrogens with zero attached hydrogens (tertiary/aromatic N) is 1. The Kier molecular flexibility index (Phi) is 4.91. The highest BCUT2D eigenvalue weighted by molar-refractivity contribution is 5.87. The number of carbonyl (C=O) groups excluding carboxylic acids is 1. The molecule has 0 aliphatic rings. The zero-order valence-corrected chi connectivity index (χ0v) is 13.4. The van der Waals surface area contributed by atoms with E-state index < -0.39 is 5.97 Å². The van der Waals surface area contributed by atoms with Gasteiger partial charge in [-0.1, -0.05) is 30.3 Å². The molecule has 24 heavy (non-hydrogen) atoms. The van der Waals surface area contributed by atoms with Crippen LogP contribution >= 0.6 is 0 Å². The highest BCUT2D eigenvalue weighted by Gasteiger charge is 2.12. The van der Waals surface area contributed by atoms with Crippen LogP contribution in [-0.4, -0.2) is 22.5 Å². The second kappa shape index (κ2) is 7.46. The standard InChI is InChI=1S/C19H18N2O3/c1-2-23-19(22)17-12-20-18(21-17)15-8-10-16(11-9-15)24-13-14-6-4-3-5-7-14/h3-12H,2,13H2,1H3,(H,20,21). The van der Waals surface area contributed by atoms with Gasteiger partial charge in [0.05, 0.1) is 6.61 Å². The van der Waals surface area contributed by atoms with E-state index in [-0.39, 0.29) is 5.69 Å². The molecular weight excluding hydrogens is 304 g/mol. The summed E-state index contributed by atoms with van der Waals surface area (Å²) in [5.74, 6) is 0.968. The Labute approximate surface area is 140 Å². The molecule has 0 atom stereocenters.